The summed E-state index contributed by atoms with van der Waals surface area (Å²) in [6.07, 6.45) is 0. The van der Waals surface area contributed by atoms with E-state index in [1.165, 1.54) is 11.3 Å². The largest absolute Gasteiger partial charge is 0.343 e. The molecule has 5 rings (SSSR count). The zero-order valence-corrected chi connectivity index (χ0v) is 23.3. The van der Waals surface area contributed by atoms with Crippen molar-refractivity contribution in [3.05, 3.63) is 132 Å². The molecule has 200 valence electrons. The van der Waals surface area contributed by atoms with Gasteiger partial charge in [0.1, 0.15) is 6.04 Å². The monoisotopic (exact) mass is 545 g/mol. The predicted octanol–water partition coefficient (Wildman–Crippen LogP) is 7.39. The highest BCUT2D eigenvalue weighted by Gasteiger charge is 2.30. The van der Waals surface area contributed by atoms with Crippen LogP contribution in [0.4, 0.5) is 5.13 Å². The van der Waals surface area contributed by atoms with Crippen molar-refractivity contribution < 1.29 is 9.59 Å². The Morgan fingerprint density at radius 2 is 1.12 bits per heavy atom. The number of carbonyl (C=O) groups excluding carboxylic acids is 2. The van der Waals surface area contributed by atoms with E-state index in [0.29, 0.717) is 5.13 Å². The molecule has 0 unspecified atom stereocenters. The third-order valence-corrected chi connectivity index (χ3v) is 7.74. The third kappa shape index (κ3) is 6.19. The number of hydrogen-bond acceptors (Lipinski definition) is 4. The van der Waals surface area contributed by atoms with Crippen LogP contribution >= 0.6 is 11.3 Å². The molecule has 0 aliphatic heterocycles. The number of carbonyl (C=O) groups is 2. The molecule has 40 heavy (non-hydrogen) atoms. The van der Waals surface area contributed by atoms with E-state index in [0.717, 1.165) is 32.8 Å². The van der Waals surface area contributed by atoms with Gasteiger partial charge in [-0.2, -0.15) is 0 Å². The lowest BCUT2D eigenvalue weighted by molar-refractivity contribution is -0.127. The second-order valence-corrected chi connectivity index (χ2v) is 10.9. The molecule has 5 nitrogen and oxygen atoms in total. The Balaban J connectivity index is 1.41. The summed E-state index contributed by atoms with van der Waals surface area (Å²) in [4.78, 5) is 33.2. The molecule has 0 fully saturated rings. The van der Waals surface area contributed by atoms with Gasteiger partial charge in [0, 0.05) is 5.56 Å². The van der Waals surface area contributed by atoms with Gasteiger partial charge in [-0.15, -0.1) is 0 Å². The van der Waals surface area contributed by atoms with Crippen molar-refractivity contribution in [3.8, 4) is 21.7 Å². The fourth-order valence-electron chi connectivity index (χ4n) is 4.69. The number of thiazole rings is 1. The Hall–Kier alpha value is -4.55. The second-order valence-electron chi connectivity index (χ2n) is 9.90. The summed E-state index contributed by atoms with van der Waals surface area (Å²) in [6, 6.07) is 38.5. The number of rotatable bonds is 9. The lowest BCUT2D eigenvalue weighted by atomic mass is 9.89. The molecule has 0 aliphatic carbocycles. The average Bonchev–Trinajstić information content (AvgIpc) is 3.41. The SMILES string of the molecule is CC(C)[C@H](NC(=O)C(c1ccccc1)c1ccccc1)C(=O)Nc1nc(-c2ccccc2)c(-c2ccccc2)s1. The first-order valence-corrected chi connectivity index (χ1v) is 14.2. The molecule has 0 saturated carbocycles. The maximum atomic E-state index is 13.7. The van der Waals surface area contributed by atoms with Gasteiger partial charge in [-0.1, -0.05) is 147 Å². The Morgan fingerprint density at radius 3 is 1.62 bits per heavy atom. The number of benzene rings is 4. The first-order chi connectivity index (χ1) is 19.5. The molecule has 0 saturated heterocycles. The molecule has 1 heterocycles. The van der Waals surface area contributed by atoms with Gasteiger partial charge in [0.2, 0.25) is 11.8 Å². The van der Waals surface area contributed by atoms with Crippen LogP contribution < -0.4 is 10.6 Å². The maximum absolute atomic E-state index is 13.7. The lowest BCUT2D eigenvalue weighted by Crippen LogP contribution is -2.48. The smallest absolute Gasteiger partial charge is 0.248 e. The third-order valence-electron chi connectivity index (χ3n) is 6.72. The van der Waals surface area contributed by atoms with Crippen LogP contribution in [0, 0.1) is 5.92 Å². The molecule has 6 heteroatoms. The summed E-state index contributed by atoms with van der Waals surface area (Å²) in [5.41, 5.74) is 4.55. The highest BCUT2D eigenvalue weighted by molar-refractivity contribution is 7.19. The van der Waals surface area contributed by atoms with Gasteiger partial charge in [-0.25, -0.2) is 4.98 Å². The van der Waals surface area contributed by atoms with E-state index < -0.39 is 12.0 Å². The summed E-state index contributed by atoms with van der Waals surface area (Å²) >= 11 is 1.43. The van der Waals surface area contributed by atoms with E-state index in [4.69, 9.17) is 4.98 Å². The molecule has 0 spiro atoms. The van der Waals surface area contributed by atoms with Crippen LogP contribution in [0.1, 0.15) is 30.9 Å². The number of nitrogens with zero attached hydrogens (tertiary/aromatic N) is 1. The van der Waals surface area contributed by atoms with Gasteiger partial charge in [-0.3, -0.25) is 9.59 Å². The molecule has 0 aliphatic rings. The number of aromatic nitrogens is 1. The Bertz CT molecular complexity index is 1460. The minimum atomic E-state index is -0.744. The van der Waals surface area contributed by atoms with E-state index in [-0.39, 0.29) is 17.7 Å². The van der Waals surface area contributed by atoms with Crippen molar-refractivity contribution in [2.45, 2.75) is 25.8 Å². The van der Waals surface area contributed by atoms with Gasteiger partial charge < -0.3 is 10.6 Å². The van der Waals surface area contributed by atoms with Crippen molar-refractivity contribution in [1.82, 2.24) is 10.3 Å². The minimum absolute atomic E-state index is 0.140. The molecule has 1 aromatic heterocycles. The Kier molecular flexibility index (Phi) is 8.47. The average molecular weight is 546 g/mol. The molecule has 5 aromatic rings. The molecule has 2 N–H and O–H groups in total. The summed E-state index contributed by atoms with van der Waals surface area (Å²) < 4.78 is 0. The highest BCUT2D eigenvalue weighted by atomic mass is 32.1. The topological polar surface area (TPSA) is 71.1 Å². The Labute approximate surface area is 238 Å². The number of amides is 2. The van der Waals surface area contributed by atoms with Gasteiger partial charge in [0.15, 0.2) is 5.13 Å². The first-order valence-electron chi connectivity index (χ1n) is 13.3. The number of anilines is 1. The fraction of sp³-hybridized carbons (Fsp3) is 0.147. The minimum Gasteiger partial charge on any atom is -0.343 e. The molecular weight excluding hydrogens is 514 g/mol. The van der Waals surface area contributed by atoms with Crippen LogP contribution in [0.5, 0.6) is 0 Å². The first kappa shape index (κ1) is 27.0. The van der Waals surface area contributed by atoms with Crippen molar-refractivity contribution in [2.75, 3.05) is 5.32 Å². The lowest BCUT2D eigenvalue weighted by Gasteiger charge is -2.25. The van der Waals surface area contributed by atoms with Crippen molar-refractivity contribution in [1.29, 1.82) is 0 Å². The zero-order chi connectivity index (χ0) is 27.9. The van der Waals surface area contributed by atoms with E-state index in [1.807, 2.05) is 135 Å². The van der Waals surface area contributed by atoms with Crippen molar-refractivity contribution in [2.24, 2.45) is 5.92 Å². The standard InChI is InChI=1S/C34H31N3O2S/c1-23(2)29(35-32(38)28(24-15-7-3-8-16-24)25-17-9-4-10-18-25)33(39)37-34-36-30(26-19-11-5-12-20-26)31(40-34)27-21-13-6-14-22-27/h3-23,28-29H,1-2H3,(H,35,38)(H,36,37,39)/t29-/m0/s1. The quantitative estimate of drug-likeness (QED) is 0.203. The van der Waals surface area contributed by atoms with Gasteiger partial charge in [-0.05, 0) is 22.6 Å². The fourth-order valence-corrected chi connectivity index (χ4v) is 5.69. The van der Waals surface area contributed by atoms with Crippen LogP contribution in [0.15, 0.2) is 121 Å². The van der Waals surface area contributed by atoms with Crippen LogP contribution in [0.25, 0.3) is 21.7 Å². The van der Waals surface area contributed by atoms with Crippen LogP contribution in [-0.2, 0) is 9.59 Å². The molecule has 2 amide bonds. The molecule has 0 bridgehead atoms. The van der Waals surface area contributed by atoms with Crippen LogP contribution in [-0.4, -0.2) is 22.8 Å². The van der Waals surface area contributed by atoms with Crippen molar-refractivity contribution >= 4 is 28.3 Å². The van der Waals surface area contributed by atoms with Gasteiger partial charge >= 0.3 is 0 Å². The molecule has 4 aromatic carbocycles. The number of hydrogen-bond donors (Lipinski definition) is 2. The van der Waals surface area contributed by atoms with E-state index in [2.05, 4.69) is 10.6 Å². The molecule has 0 radical (unpaired) electrons. The summed E-state index contributed by atoms with van der Waals surface area (Å²) in [5.74, 6) is -1.19. The van der Waals surface area contributed by atoms with Gasteiger partial charge in [0.25, 0.3) is 0 Å². The highest BCUT2D eigenvalue weighted by Crippen LogP contribution is 2.39. The van der Waals surface area contributed by atoms with Crippen LogP contribution in [0.3, 0.4) is 0 Å². The second kappa shape index (κ2) is 12.5. The van der Waals surface area contributed by atoms with E-state index >= 15 is 0 Å². The normalized spacial score (nSPS) is 11.8. The molecule has 1 atom stereocenters. The van der Waals surface area contributed by atoms with Crippen LogP contribution in [0.2, 0.25) is 0 Å². The number of nitrogens with one attached hydrogen (secondary N) is 2. The van der Waals surface area contributed by atoms with E-state index in [1.54, 1.807) is 0 Å². The Morgan fingerprint density at radius 1 is 0.650 bits per heavy atom. The summed E-state index contributed by atoms with van der Waals surface area (Å²) in [5, 5.41) is 6.54. The summed E-state index contributed by atoms with van der Waals surface area (Å²) in [6.45, 7) is 3.86. The zero-order valence-electron chi connectivity index (χ0n) is 22.5. The summed E-state index contributed by atoms with van der Waals surface area (Å²) in [7, 11) is 0. The van der Waals surface area contributed by atoms with E-state index in [9.17, 15) is 9.59 Å². The maximum Gasteiger partial charge on any atom is 0.248 e. The van der Waals surface area contributed by atoms with Gasteiger partial charge in [0.05, 0.1) is 16.5 Å². The predicted molar refractivity (Wildman–Crippen MR) is 163 cm³/mol. The molecular formula is C34H31N3O2S. The van der Waals surface area contributed by atoms with Crippen molar-refractivity contribution in [3.63, 3.8) is 0 Å².